The number of carbonyl (C=O) groups is 1. The number of ether oxygens (including phenoxy) is 1. The second kappa shape index (κ2) is 4.83. The molecule has 1 aliphatic carbocycles. The molecule has 2 unspecified atom stereocenters. The Morgan fingerprint density at radius 1 is 1.64 bits per heavy atom. The number of hydrogen-bond donors (Lipinski definition) is 2. The largest absolute Gasteiger partial charge is 0.469 e. The Morgan fingerprint density at radius 3 is 2.93 bits per heavy atom. The Balaban J connectivity index is 2.38. The smallest absolute Gasteiger partial charge is 0.308 e. The van der Waals surface area contributed by atoms with Gasteiger partial charge in [-0.05, 0) is 25.2 Å². The van der Waals surface area contributed by atoms with Crippen LogP contribution in [0.3, 0.4) is 0 Å². The van der Waals surface area contributed by atoms with Gasteiger partial charge in [-0.1, -0.05) is 5.16 Å². The van der Waals surface area contributed by atoms with Crippen LogP contribution in [0.1, 0.15) is 25.7 Å². The van der Waals surface area contributed by atoms with E-state index in [4.69, 9.17) is 10.9 Å². The summed E-state index contributed by atoms with van der Waals surface area (Å²) in [5.41, 5.74) is 5.39. The molecule has 0 aromatic rings. The van der Waals surface area contributed by atoms with Crippen LogP contribution in [0.15, 0.2) is 5.16 Å². The van der Waals surface area contributed by atoms with Gasteiger partial charge in [0.15, 0.2) is 0 Å². The van der Waals surface area contributed by atoms with Crippen molar-refractivity contribution >= 4 is 11.8 Å². The fraction of sp³-hybridized carbons (Fsp3) is 0.778. The topological polar surface area (TPSA) is 84.9 Å². The van der Waals surface area contributed by atoms with Crippen molar-refractivity contribution in [1.82, 2.24) is 0 Å². The van der Waals surface area contributed by atoms with E-state index in [9.17, 15) is 4.79 Å². The molecule has 1 saturated carbocycles. The van der Waals surface area contributed by atoms with Gasteiger partial charge in [0.05, 0.1) is 13.0 Å². The first-order chi connectivity index (χ1) is 6.67. The van der Waals surface area contributed by atoms with Crippen LogP contribution in [0.25, 0.3) is 0 Å². The average molecular weight is 200 g/mol. The van der Waals surface area contributed by atoms with Gasteiger partial charge in [-0.2, -0.15) is 0 Å². The van der Waals surface area contributed by atoms with Crippen molar-refractivity contribution in [1.29, 1.82) is 0 Å². The van der Waals surface area contributed by atoms with Crippen molar-refractivity contribution in [2.45, 2.75) is 25.7 Å². The van der Waals surface area contributed by atoms with Crippen molar-refractivity contribution in [2.24, 2.45) is 22.7 Å². The Labute approximate surface area is 82.9 Å². The predicted molar refractivity (Wildman–Crippen MR) is 50.9 cm³/mol. The van der Waals surface area contributed by atoms with Crippen molar-refractivity contribution in [3.63, 3.8) is 0 Å². The molecule has 1 fully saturated rings. The normalized spacial score (nSPS) is 27.6. The molecule has 2 atom stereocenters. The third-order valence-electron chi connectivity index (χ3n) is 2.70. The molecule has 0 bridgehead atoms. The van der Waals surface area contributed by atoms with Gasteiger partial charge in [0, 0.05) is 6.42 Å². The molecular weight excluding hydrogens is 184 g/mol. The Hall–Kier alpha value is -1.26. The maximum atomic E-state index is 11.2. The van der Waals surface area contributed by atoms with Crippen LogP contribution in [0, 0.1) is 11.8 Å². The number of methoxy groups -OCH3 is 1. The lowest BCUT2D eigenvalue weighted by molar-refractivity contribution is -0.145. The van der Waals surface area contributed by atoms with Crippen LogP contribution in [-0.4, -0.2) is 24.1 Å². The fourth-order valence-electron chi connectivity index (χ4n) is 1.98. The summed E-state index contributed by atoms with van der Waals surface area (Å²) in [7, 11) is 1.40. The molecule has 0 heterocycles. The monoisotopic (exact) mass is 200 g/mol. The summed E-state index contributed by atoms with van der Waals surface area (Å²) in [5, 5.41) is 11.3. The van der Waals surface area contributed by atoms with Crippen LogP contribution in [0.5, 0.6) is 0 Å². The highest BCUT2D eigenvalue weighted by atomic mass is 16.5. The molecule has 5 nitrogen and oxygen atoms in total. The predicted octanol–water partition coefficient (Wildman–Crippen LogP) is 0.712. The summed E-state index contributed by atoms with van der Waals surface area (Å²) in [6.45, 7) is 0. The third kappa shape index (κ3) is 2.61. The van der Waals surface area contributed by atoms with E-state index in [-0.39, 0.29) is 17.7 Å². The molecule has 0 saturated heterocycles. The molecule has 1 aliphatic rings. The highest BCUT2D eigenvalue weighted by molar-refractivity contribution is 5.80. The average Bonchev–Trinajstić information content (AvgIpc) is 2.65. The minimum Gasteiger partial charge on any atom is -0.469 e. The van der Waals surface area contributed by atoms with Gasteiger partial charge in [0.2, 0.25) is 0 Å². The molecule has 0 aromatic heterocycles. The van der Waals surface area contributed by atoms with Crippen molar-refractivity contribution < 1.29 is 14.7 Å². The second-order valence-corrected chi connectivity index (χ2v) is 3.69. The second-order valence-electron chi connectivity index (χ2n) is 3.69. The zero-order chi connectivity index (χ0) is 10.6. The van der Waals surface area contributed by atoms with Gasteiger partial charge >= 0.3 is 5.97 Å². The van der Waals surface area contributed by atoms with E-state index in [0.717, 1.165) is 19.3 Å². The SMILES string of the molecule is COC(=O)C1CCC(C/C(N)=N\O)C1. The van der Waals surface area contributed by atoms with Crippen LogP contribution in [0.4, 0.5) is 0 Å². The summed E-state index contributed by atoms with van der Waals surface area (Å²) in [5.74, 6) is 0.430. The molecule has 0 spiro atoms. The first kappa shape index (κ1) is 10.8. The zero-order valence-electron chi connectivity index (χ0n) is 8.27. The summed E-state index contributed by atoms with van der Waals surface area (Å²) in [6, 6.07) is 0. The molecular formula is C9H16N2O3. The molecule has 3 N–H and O–H groups in total. The van der Waals surface area contributed by atoms with Gasteiger partial charge < -0.3 is 15.7 Å². The van der Waals surface area contributed by atoms with E-state index in [2.05, 4.69) is 9.89 Å². The quantitative estimate of drug-likeness (QED) is 0.231. The van der Waals surface area contributed by atoms with Gasteiger partial charge in [0.25, 0.3) is 0 Å². The number of amidine groups is 1. The molecule has 1 rings (SSSR count). The molecule has 0 radical (unpaired) electrons. The highest BCUT2D eigenvalue weighted by Crippen LogP contribution is 2.33. The molecule has 0 aliphatic heterocycles. The Kier molecular flexibility index (Phi) is 3.73. The lowest BCUT2D eigenvalue weighted by Crippen LogP contribution is -2.17. The number of esters is 1. The zero-order valence-corrected chi connectivity index (χ0v) is 8.27. The molecule has 14 heavy (non-hydrogen) atoms. The van der Waals surface area contributed by atoms with Crippen LogP contribution in [-0.2, 0) is 9.53 Å². The molecule has 5 heteroatoms. The summed E-state index contributed by atoms with van der Waals surface area (Å²) >= 11 is 0. The standard InChI is InChI=1S/C9H16N2O3/c1-14-9(12)7-3-2-6(4-7)5-8(10)11-13/h6-7,13H,2-5H2,1H3,(H2,10,11). The molecule has 0 amide bonds. The van der Waals surface area contributed by atoms with Crippen LogP contribution < -0.4 is 5.73 Å². The van der Waals surface area contributed by atoms with E-state index >= 15 is 0 Å². The first-order valence-corrected chi connectivity index (χ1v) is 4.71. The van der Waals surface area contributed by atoms with Gasteiger partial charge in [-0.25, -0.2) is 0 Å². The van der Waals surface area contributed by atoms with E-state index in [1.165, 1.54) is 7.11 Å². The minimum absolute atomic E-state index is 0.00325. The van der Waals surface area contributed by atoms with E-state index < -0.39 is 0 Å². The van der Waals surface area contributed by atoms with Gasteiger partial charge in [0.1, 0.15) is 5.84 Å². The fourth-order valence-corrected chi connectivity index (χ4v) is 1.98. The lowest BCUT2D eigenvalue weighted by atomic mass is 10.0. The maximum absolute atomic E-state index is 11.2. The number of carbonyl (C=O) groups excluding carboxylic acids is 1. The number of nitrogens with zero attached hydrogens (tertiary/aromatic N) is 1. The first-order valence-electron chi connectivity index (χ1n) is 4.71. The summed E-state index contributed by atoms with van der Waals surface area (Å²) in [6.07, 6.45) is 3.12. The van der Waals surface area contributed by atoms with E-state index in [0.29, 0.717) is 12.3 Å². The number of nitrogens with two attached hydrogens (primary N) is 1. The maximum Gasteiger partial charge on any atom is 0.308 e. The van der Waals surface area contributed by atoms with Gasteiger partial charge in [-0.3, -0.25) is 4.79 Å². The number of oxime groups is 1. The van der Waals surface area contributed by atoms with Crippen molar-refractivity contribution in [3.8, 4) is 0 Å². The Morgan fingerprint density at radius 2 is 2.36 bits per heavy atom. The number of hydrogen-bond acceptors (Lipinski definition) is 4. The van der Waals surface area contributed by atoms with Gasteiger partial charge in [-0.15, -0.1) is 0 Å². The minimum atomic E-state index is -0.146. The van der Waals surface area contributed by atoms with Crippen LogP contribution in [0.2, 0.25) is 0 Å². The van der Waals surface area contributed by atoms with Crippen molar-refractivity contribution in [3.05, 3.63) is 0 Å². The lowest BCUT2D eigenvalue weighted by Gasteiger charge is -2.08. The highest BCUT2D eigenvalue weighted by Gasteiger charge is 2.30. The van der Waals surface area contributed by atoms with E-state index in [1.807, 2.05) is 0 Å². The molecule has 80 valence electrons. The number of rotatable bonds is 3. The van der Waals surface area contributed by atoms with E-state index in [1.54, 1.807) is 0 Å². The molecule has 0 aromatic carbocycles. The van der Waals surface area contributed by atoms with Crippen LogP contribution >= 0.6 is 0 Å². The third-order valence-corrected chi connectivity index (χ3v) is 2.70. The Bertz CT molecular complexity index is 240. The summed E-state index contributed by atoms with van der Waals surface area (Å²) in [4.78, 5) is 11.2. The van der Waals surface area contributed by atoms with Crippen molar-refractivity contribution in [2.75, 3.05) is 7.11 Å². The summed E-state index contributed by atoms with van der Waals surface area (Å²) < 4.78 is 4.66.